The highest BCUT2D eigenvalue weighted by Crippen LogP contribution is 2.36. The number of aryl methyl sites for hydroxylation is 3. The van der Waals surface area contributed by atoms with E-state index in [4.69, 9.17) is 5.73 Å². The molecule has 0 aromatic heterocycles. The van der Waals surface area contributed by atoms with Gasteiger partial charge in [0.1, 0.15) is 0 Å². The fourth-order valence-corrected chi connectivity index (χ4v) is 3.46. The first kappa shape index (κ1) is 13.6. The van der Waals surface area contributed by atoms with Gasteiger partial charge in [-0.1, -0.05) is 17.7 Å². The number of hydrogen-bond donors (Lipinski definition) is 1. The summed E-state index contributed by atoms with van der Waals surface area (Å²) in [7, 11) is 0. The zero-order valence-corrected chi connectivity index (χ0v) is 12.3. The monoisotopic (exact) mass is 246 g/mol. The number of benzene rings is 1. The van der Waals surface area contributed by atoms with Gasteiger partial charge in [0, 0.05) is 18.6 Å². The normalized spacial score (nSPS) is 25.1. The second-order valence-corrected chi connectivity index (χ2v) is 6.04. The minimum Gasteiger partial charge on any atom is -0.326 e. The maximum atomic E-state index is 6.37. The third kappa shape index (κ3) is 2.32. The largest absolute Gasteiger partial charge is 0.326 e. The first-order chi connectivity index (χ1) is 8.41. The van der Waals surface area contributed by atoms with E-state index in [1.807, 2.05) is 0 Å². The number of hydrogen-bond acceptors (Lipinski definition) is 2. The molecule has 0 radical (unpaired) electrons. The maximum absolute atomic E-state index is 6.37. The van der Waals surface area contributed by atoms with Gasteiger partial charge in [0.2, 0.25) is 0 Å². The van der Waals surface area contributed by atoms with E-state index in [0.29, 0.717) is 12.1 Å². The maximum Gasteiger partial charge on any atom is 0.0507 e. The van der Waals surface area contributed by atoms with E-state index in [0.717, 1.165) is 13.0 Å². The molecule has 2 unspecified atom stereocenters. The summed E-state index contributed by atoms with van der Waals surface area (Å²) in [6.07, 6.45) is 1.11. The highest BCUT2D eigenvalue weighted by Gasteiger charge is 2.35. The van der Waals surface area contributed by atoms with Crippen LogP contribution < -0.4 is 5.73 Å². The summed E-state index contributed by atoms with van der Waals surface area (Å²) in [6, 6.07) is 5.79. The van der Waals surface area contributed by atoms with E-state index in [9.17, 15) is 0 Å². The molecular formula is C16H26N2. The van der Waals surface area contributed by atoms with Gasteiger partial charge in [0.15, 0.2) is 0 Å². The second kappa shape index (κ2) is 5.02. The van der Waals surface area contributed by atoms with Crippen molar-refractivity contribution >= 4 is 0 Å². The Balaban J connectivity index is 2.46. The standard InChI is InChI=1S/C16H26N2/c1-10(2)18-7-6-14(17)16(18)15-12(4)8-11(3)9-13(15)5/h8-10,14,16H,6-7,17H2,1-5H3. The van der Waals surface area contributed by atoms with E-state index in [2.05, 4.69) is 51.7 Å². The lowest BCUT2D eigenvalue weighted by molar-refractivity contribution is 0.197. The van der Waals surface area contributed by atoms with Crippen LogP contribution in [0.25, 0.3) is 0 Å². The van der Waals surface area contributed by atoms with Crippen LogP contribution in [-0.2, 0) is 0 Å². The Kier molecular flexibility index (Phi) is 3.79. The molecule has 2 nitrogen and oxygen atoms in total. The highest BCUT2D eigenvalue weighted by molar-refractivity contribution is 5.41. The summed E-state index contributed by atoms with van der Waals surface area (Å²) in [6.45, 7) is 12.3. The molecule has 2 rings (SSSR count). The second-order valence-electron chi connectivity index (χ2n) is 6.04. The minimum absolute atomic E-state index is 0.271. The summed E-state index contributed by atoms with van der Waals surface area (Å²) >= 11 is 0. The molecule has 100 valence electrons. The van der Waals surface area contributed by atoms with Crippen LogP contribution in [0.4, 0.5) is 0 Å². The van der Waals surface area contributed by atoms with Crippen molar-refractivity contribution in [2.24, 2.45) is 5.73 Å². The summed E-state index contributed by atoms with van der Waals surface area (Å²) < 4.78 is 0. The van der Waals surface area contributed by atoms with Gasteiger partial charge in [-0.05, 0) is 57.7 Å². The van der Waals surface area contributed by atoms with E-state index >= 15 is 0 Å². The Bertz CT molecular complexity index is 414. The van der Waals surface area contributed by atoms with Gasteiger partial charge in [-0.25, -0.2) is 0 Å². The third-order valence-corrected chi connectivity index (χ3v) is 4.18. The summed E-state index contributed by atoms with van der Waals surface area (Å²) in [4.78, 5) is 2.55. The number of rotatable bonds is 2. The fraction of sp³-hybridized carbons (Fsp3) is 0.625. The number of nitrogens with two attached hydrogens (primary N) is 1. The summed E-state index contributed by atoms with van der Waals surface area (Å²) in [5.41, 5.74) is 12.0. The third-order valence-electron chi connectivity index (χ3n) is 4.18. The molecule has 2 atom stereocenters. The predicted octanol–water partition coefficient (Wildman–Crippen LogP) is 3.09. The first-order valence-electron chi connectivity index (χ1n) is 7.01. The molecule has 1 aromatic rings. The molecule has 0 amide bonds. The number of nitrogens with zero attached hydrogens (tertiary/aromatic N) is 1. The highest BCUT2D eigenvalue weighted by atomic mass is 15.2. The average molecular weight is 246 g/mol. The van der Waals surface area contributed by atoms with Gasteiger partial charge in [-0.15, -0.1) is 0 Å². The predicted molar refractivity (Wildman–Crippen MR) is 77.8 cm³/mol. The average Bonchev–Trinajstić information content (AvgIpc) is 2.59. The summed E-state index contributed by atoms with van der Waals surface area (Å²) in [5, 5.41) is 0. The molecule has 1 aliphatic heterocycles. The topological polar surface area (TPSA) is 29.3 Å². The van der Waals surface area contributed by atoms with Crippen LogP contribution >= 0.6 is 0 Å². The molecule has 1 heterocycles. The smallest absolute Gasteiger partial charge is 0.0507 e. The van der Waals surface area contributed by atoms with Gasteiger partial charge in [0.25, 0.3) is 0 Å². The van der Waals surface area contributed by atoms with Gasteiger partial charge in [-0.3, -0.25) is 4.90 Å². The fourth-order valence-electron chi connectivity index (χ4n) is 3.46. The molecule has 1 saturated heterocycles. The quantitative estimate of drug-likeness (QED) is 0.869. The minimum atomic E-state index is 0.271. The van der Waals surface area contributed by atoms with E-state index in [1.54, 1.807) is 0 Å². The zero-order valence-electron chi connectivity index (χ0n) is 12.3. The van der Waals surface area contributed by atoms with Crippen LogP contribution in [-0.4, -0.2) is 23.5 Å². The Hall–Kier alpha value is -0.860. The molecule has 2 heteroatoms. The van der Waals surface area contributed by atoms with Crippen molar-refractivity contribution in [2.75, 3.05) is 6.54 Å². The van der Waals surface area contributed by atoms with Gasteiger partial charge in [-0.2, -0.15) is 0 Å². The van der Waals surface area contributed by atoms with Crippen LogP contribution in [0.1, 0.15) is 48.6 Å². The van der Waals surface area contributed by atoms with Crippen molar-refractivity contribution in [3.05, 3.63) is 34.4 Å². The molecule has 0 bridgehead atoms. The molecular weight excluding hydrogens is 220 g/mol. The zero-order chi connectivity index (χ0) is 13.4. The Morgan fingerprint density at radius 3 is 2.22 bits per heavy atom. The van der Waals surface area contributed by atoms with Crippen molar-refractivity contribution in [2.45, 2.75) is 59.2 Å². The van der Waals surface area contributed by atoms with E-state index < -0.39 is 0 Å². The van der Waals surface area contributed by atoms with Crippen molar-refractivity contribution in [1.82, 2.24) is 4.90 Å². The van der Waals surface area contributed by atoms with E-state index in [1.165, 1.54) is 22.3 Å². The molecule has 0 spiro atoms. The van der Waals surface area contributed by atoms with Crippen LogP contribution in [0.15, 0.2) is 12.1 Å². The lowest BCUT2D eigenvalue weighted by Gasteiger charge is -2.32. The van der Waals surface area contributed by atoms with Crippen LogP contribution in [0.2, 0.25) is 0 Å². The Morgan fingerprint density at radius 2 is 1.72 bits per heavy atom. The van der Waals surface area contributed by atoms with Crippen molar-refractivity contribution in [1.29, 1.82) is 0 Å². The van der Waals surface area contributed by atoms with Gasteiger partial charge < -0.3 is 5.73 Å². The van der Waals surface area contributed by atoms with Crippen molar-refractivity contribution in [3.8, 4) is 0 Å². The SMILES string of the molecule is Cc1cc(C)c(C2C(N)CCN2C(C)C)c(C)c1. The van der Waals surface area contributed by atoms with Gasteiger partial charge in [0.05, 0.1) is 6.04 Å². The Morgan fingerprint density at radius 1 is 1.17 bits per heavy atom. The molecule has 2 N–H and O–H groups in total. The number of likely N-dealkylation sites (tertiary alicyclic amines) is 1. The van der Waals surface area contributed by atoms with Crippen molar-refractivity contribution in [3.63, 3.8) is 0 Å². The van der Waals surface area contributed by atoms with E-state index in [-0.39, 0.29) is 6.04 Å². The lowest BCUT2D eigenvalue weighted by Crippen LogP contribution is -2.36. The van der Waals surface area contributed by atoms with Crippen molar-refractivity contribution < 1.29 is 0 Å². The first-order valence-corrected chi connectivity index (χ1v) is 7.01. The molecule has 18 heavy (non-hydrogen) atoms. The molecule has 1 aromatic carbocycles. The van der Waals surface area contributed by atoms with Crippen LogP contribution in [0.5, 0.6) is 0 Å². The molecule has 1 fully saturated rings. The molecule has 0 saturated carbocycles. The van der Waals surface area contributed by atoms with Crippen LogP contribution in [0, 0.1) is 20.8 Å². The summed E-state index contributed by atoms with van der Waals surface area (Å²) in [5.74, 6) is 0. The Labute approximate surface area is 111 Å². The molecule has 1 aliphatic rings. The van der Waals surface area contributed by atoms with Gasteiger partial charge >= 0.3 is 0 Å². The molecule has 0 aliphatic carbocycles. The van der Waals surface area contributed by atoms with Crippen LogP contribution in [0.3, 0.4) is 0 Å². The lowest BCUT2D eigenvalue weighted by atomic mass is 9.90.